The monoisotopic (exact) mass is 497 g/mol. The fourth-order valence-corrected chi connectivity index (χ4v) is 5.27. The summed E-state index contributed by atoms with van der Waals surface area (Å²) in [6.07, 6.45) is 0. The molecule has 0 spiro atoms. The third-order valence-corrected chi connectivity index (χ3v) is 7.66. The molecule has 1 aliphatic rings. The molecule has 5 rings (SSSR count). The zero-order valence-corrected chi connectivity index (χ0v) is 21.8. The highest BCUT2D eigenvalue weighted by Gasteiger charge is 2.21. The first-order valence-electron chi connectivity index (χ1n) is 12.3. The predicted molar refractivity (Wildman–Crippen MR) is 146 cm³/mol. The Balaban J connectivity index is 1.36. The molecule has 1 aromatic heterocycles. The second kappa shape index (κ2) is 10.7. The second-order valence-corrected chi connectivity index (χ2v) is 10.3. The number of benzene rings is 3. The van der Waals surface area contributed by atoms with Crippen LogP contribution in [-0.4, -0.2) is 63.7 Å². The lowest BCUT2D eigenvalue weighted by molar-refractivity contribution is 0.0664. The molecule has 4 aromatic rings. The van der Waals surface area contributed by atoms with Gasteiger partial charge >= 0.3 is 0 Å². The fraction of sp³-hybridized carbons (Fsp3) is 0.276. The number of aryl methyl sites for hydroxylation is 2. The molecule has 1 fully saturated rings. The molecule has 3 aromatic carbocycles. The maximum Gasteiger partial charge on any atom is 0.253 e. The van der Waals surface area contributed by atoms with Crippen molar-refractivity contribution in [1.29, 1.82) is 0 Å². The largest absolute Gasteiger partial charge is 0.336 e. The van der Waals surface area contributed by atoms with Crippen LogP contribution in [0.15, 0.2) is 78.0 Å². The number of rotatable bonds is 6. The third-order valence-electron chi connectivity index (χ3n) is 6.66. The number of likely N-dealkylation sites (N-methyl/N-ethyl adjacent to an activating group) is 1. The minimum absolute atomic E-state index is 0.115. The standard InChI is InChI=1S/C29H31N5OS/c1-21-8-12-24(13-9-21)27-30-31-29(34(27)26-7-5-4-6-22(26)2)36-20-23-10-14-25(15-11-23)28(35)33-18-16-32(3)17-19-33/h4-15H,16-20H2,1-3H3. The maximum atomic E-state index is 12.9. The highest BCUT2D eigenvalue weighted by molar-refractivity contribution is 7.98. The number of carbonyl (C=O) groups excluding carboxylic acids is 1. The summed E-state index contributed by atoms with van der Waals surface area (Å²) in [5.74, 6) is 1.69. The predicted octanol–water partition coefficient (Wildman–Crippen LogP) is 5.23. The molecule has 184 valence electrons. The van der Waals surface area contributed by atoms with Crippen LogP contribution in [0, 0.1) is 13.8 Å². The van der Waals surface area contributed by atoms with Crippen molar-refractivity contribution in [2.24, 2.45) is 0 Å². The van der Waals surface area contributed by atoms with E-state index in [9.17, 15) is 4.79 Å². The average Bonchev–Trinajstić information content (AvgIpc) is 3.32. The van der Waals surface area contributed by atoms with Gasteiger partial charge in [0.25, 0.3) is 5.91 Å². The van der Waals surface area contributed by atoms with Crippen molar-refractivity contribution in [3.05, 3.63) is 95.1 Å². The second-order valence-electron chi connectivity index (χ2n) is 9.38. The van der Waals surface area contributed by atoms with Crippen molar-refractivity contribution in [2.75, 3.05) is 33.2 Å². The number of hydrogen-bond donors (Lipinski definition) is 0. The van der Waals surface area contributed by atoms with Crippen molar-refractivity contribution in [2.45, 2.75) is 24.8 Å². The van der Waals surface area contributed by atoms with Crippen LogP contribution in [0.4, 0.5) is 0 Å². The highest BCUT2D eigenvalue weighted by atomic mass is 32.2. The fourth-order valence-electron chi connectivity index (χ4n) is 4.37. The molecule has 7 heteroatoms. The van der Waals surface area contributed by atoms with E-state index in [-0.39, 0.29) is 5.91 Å². The first kappa shape index (κ1) is 24.3. The Morgan fingerprint density at radius 2 is 1.56 bits per heavy atom. The Kier molecular flexibility index (Phi) is 7.20. The Morgan fingerprint density at radius 3 is 2.25 bits per heavy atom. The molecule has 0 bridgehead atoms. The van der Waals surface area contributed by atoms with Crippen molar-refractivity contribution < 1.29 is 4.79 Å². The number of para-hydroxylation sites is 1. The van der Waals surface area contributed by atoms with Gasteiger partial charge in [-0.05, 0) is 50.2 Å². The molecule has 1 saturated heterocycles. The van der Waals surface area contributed by atoms with Crippen LogP contribution in [0.25, 0.3) is 17.1 Å². The molecule has 0 N–H and O–H groups in total. The Hall–Kier alpha value is -3.42. The van der Waals surface area contributed by atoms with Gasteiger partial charge in [0.15, 0.2) is 11.0 Å². The van der Waals surface area contributed by atoms with Crippen LogP contribution in [0.2, 0.25) is 0 Å². The minimum atomic E-state index is 0.115. The van der Waals surface area contributed by atoms with Gasteiger partial charge in [-0.2, -0.15) is 0 Å². The van der Waals surface area contributed by atoms with Gasteiger partial charge in [0, 0.05) is 43.1 Å². The summed E-state index contributed by atoms with van der Waals surface area (Å²) in [6, 6.07) is 24.7. The number of aromatic nitrogens is 3. The molecule has 1 amide bonds. The zero-order chi connectivity index (χ0) is 25.1. The van der Waals surface area contributed by atoms with Crippen LogP contribution in [0.1, 0.15) is 27.0 Å². The Bertz CT molecular complexity index is 1340. The summed E-state index contributed by atoms with van der Waals surface area (Å²) < 4.78 is 2.15. The quantitative estimate of drug-likeness (QED) is 0.342. The van der Waals surface area contributed by atoms with Gasteiger partial charge in [0.05, 0.1) is 5.69 Å². The first-order valence-corrected chi connectivity index (χ1v) is 13.3. The molecule has 1 aliphatic heterocycles. The summed E-state index contributed by atoms with van der Waals surface area (Å²) >= 11 is 1.65. The van der Waals surface area contributed by atoms with Gasteiger partial charge in [0.1, 0.15) is 0 Å². The number of carbonyl (C=O) groups is 1. The average molecular weight is 498 g/mol. The summed E-state index contributed by atoms with van der Waals surface area (Å²) in [5.41, 5.74) is 6.39. The van der Waals surface area contributed by atoms with Crippen LogP contribution in [0.3, 0.4) is 0 Å². The van der Waals surface area contributed by atoms with Gasteiger partial charge in [-0.15, -0.1) is 10.2 Å². The molecule has 0 aliphatic carbocycles. The van der Waals surface area contributed by atoms with E-state index >= 15 is 0 Å². The summed E-state index contributed by atoms with van der Waals surface area (Å²) in [5, 5.41) is 10.00. The topological polar surface area (TPSA) is 54.3 Å². The molecule has 0 atom stereocenters. The maximum absolute atomic E-state index is 12.9. The van der Waals surface area contributed by atoms with Crippen molar-refractivity contribution in [1.82, 2.24) is 24.6 Å². The van der Waals surface area contributed by atoms with Crippen LogP contribution in [-0.2, 0) is 5.75 Å². The third kappa shape index (κ3) is 5.22. The molecular formula is C29H31N5OS. The normalized spacial score (nSPS) is 14.2. The smallest absolute Gasteiger partial charge is 0.253 e. The number of amides is 1. The summed E-state index contributed by atoms with van der Waals surface area (Å²) in [4.78, 5) is 17.1. The molecule has 6 nitrogen and oxygen atoms in total. The molecule has 0 unspecified atom stereocenters. The lowest BCUT2D eigenvalue weighted by Crippen LogP contribution is -2.47. The van der Waals surface area contributed by atoms with Gasteiger partial charge < -0.3 is 9.80 Å². The number of hydrogen-bond acceptors (Lipinski definition) is 5. The van der Waals surface area contributed by atoms with Gasteiger partial charge in [-0.1, -0.05) is 71.9 Å². The van der Waals surface area contributed by atoms with E-state index in [1.165, 1.54) is 11.1 Å². The SMILES string of the molecule is Cc1ccc(-c2nnc(SCc3ccc(C(=O)N4CCN(C)CC4)cc3)n2-c2ccccc2C)cc1. The van der Waals surface area contributed by atoms with E-state index in [1.807, 2.05) is 41.3 Å². The zero-order valence-electron chi connectivity index (χ0n) is 21.0. The van der Waals surface area contributed by atoms with E-state index in [1.54, 1.807) is 11.8 Å². The van der Waals surface area contributed by atoms with E-state index in [0.29, 0.717) is 0 Å². The molecule has 0 saturated carbocycles. The summed E-state index contributed by atoms with van der Waals surface area (Å²) in [7, 11) is 2.10. The van der Waals surface area contributed by atoms with E-state index in [4.69, 9.17) is 0 Å². The molecule has 36 heavy (non-hydrogen) atoms. The molecule has 0 radical (unpaired) electrons. The number of thioether (sulfide) groups is 1. The highest BCUT2D eigenvalue weighted by Crippen LogP contribution is 2.31. The molecule has 2 heterocycles. The van der Waals surface area contributed by atoms with Crippen molar-refractivity contribution in [3.8, 4) is 17.1 Å². The van der Waals surface area contributed by atoms with Crippen molar-refractivity contribution in [3.63, 3.8) is 0 Å². The van der Waals surface area contributed by atoms with Gasteiger partial charge in [0.2, 0.25) is 0 Å². The number of nitrogens with zero attached hydrogens (tertiary/aromatic N) is 5. The lowest BCUT2D eigenvalue weighted by atomic mass is 10.1. The van der Waals surface area contributed by atoms with E-state index in [2.05, 4.69) is 77.0 Å². The first-order chi connectivity index (χ1) is 17.5. The molecular weight excluding hydrogens is 466 g/mol. The minimum Gasteiger partial charge on any atom is -0.336 e. The number of piperazine rings is 1. The van der Waals surface area contributed by atoms with Crippen molar-refractivity contribution >= 4 is 17.7 Å². The van der Waals surface area contributed by atoms with Crippen LogP contribution < -0.4 is 0 Å². The Morgan fingerprint density at radius 1 is 0.861 bits per heavy atom. The lowest BCUT2D eigenvalue weighted by Gasteiger charge is -2.32. The van der Waals surface area contributed by atoms with Gasteiger partial charge in [-0.3, -0.25) is 9.36 Å². The Labute approximate surface area is 217 Å². The summed E-state index contributed by atoms with van der Waals surface area (Å²) in [6.45, 7) is 7.61. The van der Waals surface area contributed by atoms with E-state index < -0.39 is 0 Å². The van der Waals surface area contributed by atoms with Crippen LogP contribution in [0.5, 0.6) is 0 Å². The van der Waals surface area contributed by atoms with Gasteiger partial charge in [-0.25, -0.2) is 0 Å². The van der Waals surface area contributed by atoms with E-state index in [0.717, 1.165) is 65.3 Å². The van der Waals surface area contributed by atoms with Crippen LogP contribution >= 0.6 is 11.8 Å².